The monoisotopic (exact) mass is 308 g/mol. The molecule has 3 heteroatoms. The second-order valence-corrected chi connectivity index (χ2v) is 17.5. The molecule has 1 aromatic carbocycles. The zero-order valence-corrected chi connectivity index (χ0v) is 14.0. The van der Waals surface area contributed by atoms with Crippen molar-refractivity contribution in [3.63, 3.8) is 0 Å². The van der Waals surface area contributed by atoms with Crippen LogP contribution in [-0.4, -0.2) is 31.3 Å². The van der Waals surface area contributed by atoms with Crippen molar-refractivity contribution in [2.45, 2.75) is 41.0 Å². The summed E-state index contributed by atoms with van der Waals surface area (Å²) in [6.45, 7) is 2.32. The van der Waals surface area contributed by atoms with Crippen LogP contribution in [0.2, 0.25) is 17.3 Å². The zero-order chi connectivity index (χ0) is 13.2. The minimum atomic E-state index is -2.08. The number of piperidine rings is 1. The third-order valence-corrected chi connectivity index (χ3v) is 10.3. The van der Waals surface area contributed by atoms with Crippen molar-refractivity contribution in [2.75, 3.05) is 13.1 Å². The van der Waals surface area contributed by atoms with Gasteiger partial charge in [0.2, 0.25) is 0 Å². The van der Waals surface area contributed by atoms with Crippen LogP contribution in [0.5, 0.6) is 0 Å². The van der Waals surface area contributed by atoms with Crippen molar-refractivity contribution in [1.29, 1.82) is 0 Å². The van der Waals surface area contributed by atoms with E-state index in [2.05, 4.69) is 52.5 Å². The van der Waals surface area contributed by atoms with Crippen LogP contribution < -0.4 is 5.73 Å². The predicted molar refractivity (Wildman–Crippen MR) is 81.1 cm³/mol. The van der Waals surface area contributed by atoms with Crippen molar-refractivity contribution in [2.24, 2.45) is 5.73 Å². The molecule has 1 fully saturated rings. The summed E-state index contributed by atoms with van der Waals surface area (Å²) in [5.41, 5.74) is 8.30. The van der Waals surface area contributed by atoms with E-state index in [0.29, 0.717) is 0 Å². The molecular formula is C15H26GeN2. The first-order valence-electron chi connectivity index (χ1n) is 7.06. The normalized spacial score (nSPS) is 21.6. The molecule has 1 unspecified atom stereocenters. The maximum absolute atomic E-state index is 6.98. The Morgan fingerprint density at radius 2 is 1.56 bits per heavy atom. The van der Waals surface area contributed by atoms with Gasteiger partial charge in [0, 0.05) is 0 Å². The molecule has 1 heterocycles. The SMILES string of the molecule is [CH3][Ge]([CH3])([CH3])[C](N)(c1ccccc1)N1CCCCC1. The molecule has 1 aliphatic rings. The predicted octanol–water partition coefficient (Wildman–Crippen LogP) is 3.16. The Kier molecular flexibility index (Phi) is 4.19. The number of nitrogens with two attached hydrogens (primary N) is 1. The van der Waals surface area contributed by atoms with Crippen LogP contribution in [0.1, 0.15) is 24.8 Å². The van der Waals surface area contributed by atoms with Crippen molar-refractivity contribution in [3.05, 3.63) is 35.9 Å². The Balaban J connectivity index is 2.40. The maximum atomic E-state index is 6.98. The van der Waals surface area contributed by atoms with Gasteiger partial charge in [-0.1, -0.05) is 0 Å². The summed E-state index contributed by atoms with van der Waals surface area (Å²) < 4.78 is -0.179. The third kappa shape index (κ3) is 2.51. The quantitative estimate of drug-likeness (QED) is 0.869. The van der Waals surface area contributed by atoms with Gasteiger partial charge in [0.05, 0.1) is 0 Å². The molecule has 1 aliphatic heterocycles. The summed E-state index contributed by atoms with van der Waals surface area (Å²) in [4.78, 5) is 2.56. The average molecular weight is 307 g/mol. The van der Waals surface area contributed by atoms with E-state index in [4.69, 9.17) is 5.73 Å². The van der Waals surface area contributed by atoms with Crippen LogP contribution in [0.4, 0.5) is 0 Å². The van der Waals surface area contributed by atoms with E-state index in [0.717, 1.165) is 13.1 Å². The number of hydrogen-bond acceptors (Lipinski definition) is 2. The second kappa shape index (κ2) is 5.35. The Bertz CT molecular complexity index is 379. The summed E-state index contributed by atoms with van der Waals surface area (Å²) in [5.74, 6) is 7.30. The van der Waals surface area contributed by atoms with Gasteiger partial charge < -0.3 is 0 Å². The fraction of sp³-hybridized carbons (Fsp3) is 0.600. The number of rotatable bonds is 3. The molecule has 2 nitrogen and oxygen atoms in total. The molecule has 18 heavy (non-hydrogen) atoms. The average Bonchev–Trinajstić information content (AvgIpc) is 2.38. The molecule has 1 saturated heterocycles. The van der Waals surface area contributed by atoms with Crippen LogP contribution in [0, 0.1) is 0 Å². The van der Waals surface area contributed by atoms with E-state index in [-0.39, 0.29) is 4.50 Å². The number of benzene rings is 1. The Labute approximate surface area is 114 Å². The van der Waals surface area contributed by atoms with Crippen molar-refractivity contribution in [1.82, 2.24) is 4.90 Å². The van der Waals surface area contributed by atoms with E-state index in [1.807, 2.05) is 0 Å². The van der Waals surface area contributed by atoms with Gasteiger partial charge in [-0.15, -0.1) is 0 Å². The number of hydrogen-bond donors (Lipinski definition) is 1. The first-order valence-corrected chi connectivity index (χ1v) is 14.4. The molecule has 0 saturated carbocycles. The van der Waals surface area contributed by atoms with E-state index >= 15 is 0 Å². The Morgan fingerprint density at radius 3 is 2.06 bits per heavy atom. The first kappa shape index (κ1) is 14.1. The number of nitrogens with zero attached hydrogens (tertiary/aromatic N) is 1. The molecule has 2 N–H and O–H groups in total. The van der Waals surface area contributed by atoms with Crippen molar-refractivity contribution >= 4 is 13.3 Å². The molecule has 0 radical (unpaired) electrons. The van der Waals surface area contributed by atoms with Crippen LogP contribution in [0.3, 0.4) is 0 Å². The van der Waals surface area contributed by atoms with Crippen LogP contribution >= 0.6 is 0 Å². The molecule has 0 aromatic heterocycles. The standard InChI is InChI=1S/C15H26GeN2/c1-16(2,3)15(17,14-10-6-4-7-11-14)18-12-8-5-9-13-18/h4,6-7,10-11H,5,8-9,12-13,17H2,1-3H3. The zero-order valence-electron chi connectivity index (χ0n) is 11.9. The summed E-state index contributed by atoms with van der Waals surface area (Å²) in [6.07, 6.45) is 3.95. The first-order chi connectivity index (χ1) is 8.46. The fourth-order valence-corrected chi connectivity index (χ4v) is 7.66. The van der Waals surface area contributed by atoms with E-state index in [1.165, 1.54) is 24.8 Å². The van der Waals surface area contributed by atoms with Crippen LogP contribution in [0.15, 0.2) is 30.3 Å². The molecule has 0 aliphatic carbocycles. The molecule has 1 atom stereocenters. The number of likely N-dealkylation sites (tertiary alicyclic amines) is 1. The van der Waals surface area contributed by atoms with Gasteiger partial charge in [-0.3, -0.25) is 0 Å². The van der Waals surface area contributed by atoms with Gasteiger partial charge in [-0.2, -0.15) is 0 Å². The molecule has 2 rings (SSSR count). The molecular weight excluding hydrogens is 281 g/mol. The summed E-state index contributed by atoms with van der Waals surface area (Å²) in [6, 6.07) is 10.7. The topological polar surface area (TPSA) is 29.3 Å². The van der Waals surface area contributed by atoms with Gasteiger partial charge in [-0.05, 0) is 0 Å². The van der Waals surface area contributed by atoms with Gasteiger partial charge in [0.25, 0.3) is 0 Å². The van der Waals surface area contributed by atoms with E-state index in [9.17, 15) is 0 Å². The van der Waals surface area contributed by atoms with Crippen LogP contribution in [0.25, 0.3) is 0 Å². The molecule has 0 spiro atoms. The molecule has 1 aromatic rings. The summed E-state index contributed by atoms with van der Waals surface area (Å²) in [5, 5.41) is 0. The summed E-state index contributed by atoms with van der Waals surface area (Å²) in [7, 11) is 0. The van der Waals surface area contributed by atoms with Gasteiger partial charge >= 0.3 is 114 Å². The molecule has 100 valence electrons. The fourth-order valence-electron chi connectivity index (χ4n) is 3.03. The van der Waals surface area contributed by atoms with Gasteiger partial charge in [0.15, 0.2) is 0 Å². The third-order valence-electron chi connectivity index (χ3n) is 4.21. The summed E-state index contributed by atoms with van der Waals surface area (Å²) >= 11 is -2.08. The minimum absolute atomic E-state index is 0.179. The van der Waals surface area contributed by atoms with Crippen molar-refractivity contribution in [3.8, 4) is 0 Å². The van der Waals surface area contributed by atoms with E-state index < -0.39 is 13.3 Å². The van der Waals surface area contributed by atoms with Gasteiger partial charge in [-0.25, -0.2) is 0 Å². The molecule has 0 bridgehead atoms. The molecule has 0 amide bonds. The second-order valence-electron chi connectivity index (χ2n) is 6.43. The van der Waals surface area contributed by atoms with Crippen molar-refractivity contribution < 1.29 is 0 Å². The Morgan fingerprint density at radius 1 is 1.00 bits per heavy atom. The Hall–Kier alpha value is -0.317. The van der Waals surface area contributed by atoms with Gasteiger partial charge in [0.1, 0.15) is 0 Å². The van der Waals surface area contributed by atoms with Crippen LogP contribution in [-0.2, 0) is 4.50 Å². The van der Waals surface area contributed by atoms with E-state index in [1.54, 1.807) is 0 Å².